The number of anilines is 1. The Kier molecular flexibility index (Phi) is 5.16. The summed E-state index contributed by atoms with van der Waals surface area (Å²) < 4.78 is 2.11. The third-order valence-corrected chi connectivity index (χ3v) is 5.96. The van der Waals surface area contributed by atoms with Gasteiger partial charge in [0.05, 0.1) is 11.4 Å². The van der Waals surface area contributed by atoms with Crippen molar-refractivity contribution in [2.45, 2.75) is 38.0 Å². The van der Waals surface area contributed by atoms with Crippen LogP contribution in [-0.2, 0) is 0 Å². The van der Waals surface area contributed by atoms with Gasteiger partial charge in [0.2, 0.25) is 0 Å². The molecule has 0 atom stereocenters. The molecule has 144 valence electrons. The molecule has 6 heteroatoms. The predicted octanol–water partition coefficient (Wildman–Crippen LogP) is 2.89. The standard InChI is InChI=1S/C21H29N5O/c1-24-11-13-25(14-12-24)21(27)17-7-8-19(18(22)15-17)26-10-9-23-20(26)16-5-3-2-4-6-16/h7-10,15-16H,2-6,11-14,22H2,1H3. The number of piperazine rings is 1. The monoisotopic (exact) mass is 367 g/mol. The first-order valence-corrected chi connectivity index (χ1v) is 10.0. The minimum absolute atomic E-state index is 0.0690. The second kappa shape index (κ2) is 7.72. The lowest BCUT2D eigenvalue weighted by atomic mass is 9.88. The van der Waals surface area contributed by atoms with Crippen molar-refractivity contribution in [1.29, 1.82) is 0 Å². The predicted molar refractivity (Wildman–Crippen MR) is 107 cm³/mol. The molecule has 1 aromatic heterocycles. The Morgan fingerprint density at radius 1 is 1.11 bits per heavy atom. The Balaban J connectivity index is 1.56. The van der Waals surface area contributed by atoms with Crippen LogP contribution in [0.15, 0.2) is 30.6 Å². The van der Waals surface area contributed by atoms with E-state index in [1.165, 1.54) is 32.1 Å². The van der Waals surface area contributed by atoms with E-state index in [1.807, 2.05) is 35.5 Å². The zero-order valence-electron chi connectivity index (χ0n) is 16.1. The van der Waals surface area contributed by atoms with Crippen molar-refractivity contribution in [2.24, 2.45) is 0 Å². The lowest BCUT2D eigenvalue weighted by Crippen LogP contribution is -2.47. The number of hydrogen-bond donors (Lipinski definition) is 1. The van der Waals surface area contributed by atoms with Gasteiger partial charge < -0.3 is 20.1 Å². The molecule has 1 amide bonds. The van der Waals surface area contributed by atoms with Crippen molar-refractivity contribution in [3.63, 3.8) is 0 Å². The maximum absolute atomic E-state index is 12.8. The van der Waals surface area contributed by atoms with E-state index in [0.29, 0.717) is 17.2 Å². The summed E-state index contributed by atoms with van der Waals surface area (Å²) in [5.41, 5.74) is 8.59. The smallest absolute Gasteiger partial charge is 0.254 e. The summed E-state index contributed by atoms with van der Waals surface area (Å²) >= 11 is 0. The van der Waals surface area contributed by atoms with Crippen molar-refractivity contribution in [2.75, 3.05) is 39.0 Å². The first-order valence-electron chi connectivity index (χ1n) is 10.0. The molecule has 1 saturated heterocycles. The van der Waals surface area contributed by atoms with E-state index in [4.69, 9.17) is 5.73 Å². The van der Waals surface area contributed by atoms with Gasteiger partial charge in [-0.25, -0.2) is 4.98 Å². The molecule has 6 nitrogen and oxygen atoms in total. The fourth-order valence-electron chi connectivity index (χ4n) is 4.28. The molecule has 27 heavy (non-hydrogen) atoms. The van der Waals surface area contributed by atoms with Crippen molar-refractivity contribution >= 4 is 11.6 Å². The quantitative estimate of drug-likeness (QED) is 0.847. The molecule has 0 bridgehead atoms. The second-order valence-corrected chi connectivity index (χ2v) is 7.86. The van der Waals surface area contributed by atoms with Gasteiger partial charge in [0.25, 0.3) is 5.91 Å². The summed E-state index contributed by atoms with van der Waals surface area (Å²) in [6.45, 7) is 3.37. The normalized spacial score (nSPS) is 19.4. The van der Waals surface area contributed by atoms with E-state index < -0.39 is 0 Å². The van der Waals surface area contributed by atoms with Crippen molar-refractivity contribution in [1.82, 2.24) is 19.4 Å². The molecule has 1 aliphatic heterocycles. The molecule has 4 rings (SSSR count). The Bertz CT molecular complexity index is 801. The van der Waals surface area contributed by atoms with Crippen LogP contribution in [0.5, 0.6) is 0 Å². The molecular weight excluding hydrogens is 338 g/mol. The van der Waals surface area contributed by atoms with Crippen LogP contribution in [0.3, 0.4) is 0 Å². The third-order valence-electron chi connectivity index (χ3n) is 5.96. The fourth-order valence-corrected chi connectivity index (χ4v) is 4.28. The van der Waals surface area contributed by atoms with Crippen LogP contribution in [0.4, 0.5) is 5.69 Å². The lowest BCUT2D eigenvalue weighted by molar-refractivity contribution is 0.0664. The van der Waals surface area contributed by atoms with Gasteiger partial charge in [-0.2, -0.15) is 0 Å². The van der Waals surface area contributed by atoms with E-state index in [2.05, 4.69) is 21.5 Å². The molecule has 1 aromatic carbocycles. The number of imidazole rings is 1. The molecule has 0 radical (unpaired) electrons. The van der Waals surface area contributed by atoms with Gasteiger partial charge in [0, 0.05) is 50.1 Å². The first-order chi connectivity index (χ1) is 13.1. The van der Waals surface area contributed by atoms with E-state index in [0.717, 1.165) is 37.7 Å². The molecule has 2 N–H and O–H groups in total. The Morgan fingerprint density at radius 3 is 2.56 bits per heavy atom. The van der Waals surface area contributed by atoms with Crippen molar-refractivity contribution in [3.8, 4) is 5.69 Å². The van der Waals surface area contributed by atoms with E-state index in [9.17, 15) is 4.79 Å². The fraction of sp³-hybridized carbons (Fsp3) is 0.524. The molecule has 2 aromatic rings. The highest BCUT2D eigenvalue weighted by molar-refractivity contribution is 5.95. The summed E-state index contributed by atoms with van der Waals surface area (Å²) in [5, 5.41) is 0. The summed E-state index contributed by atoms with van der Waals surface area (Å²) in [6, 6.07) is 5.68. The minimum Gasteiger partial charge on any atom is -0.397 e. The highest BCUT2D eigenvalue weighted by Crippen LogP contribution is 2.33. The van der Waals surface area contributed by atoms with Crippen molar-refractivity contribution in [3.05, 3.63) is 42.0 Å². The van der Waals surface area contributed by atoms with Crippen molar-refractivity contribution < 1.29 is 4.79 Å². The average Bonchev–Trinajstić information content (AvgIpc) is 3.18. The van der Waals surface area contributed by atoms with E-state index >= 15 is 0 Å². The van der Waals surface area contributed by atoms with Gasteiger partial charge in [-0.05, 0) is 38.1 Å². The van der Waals surface area contributed by atoms with Gasteiger partial charge in [0.15, 0.2) is 0 Å². The SMILES string of the molecule is CN1CCN(C(=O)c2ccc(-n3ccnc3C3CCCCC3)c(N)c2)CC1. The molecule has 0 unspecified atom stereocenters. The third kappa shape index (κ3) is 3.72. The summed E-state index contributed by atoms with van der Waals surface area (Å²) in [6.07, 6.45) is 10.1. The highest BCUT2D eigenvalue weighted by Gasteiger charge is 2.23. The topological polar surface area (TPSA) is 67.4 Å². The van der Waals surface area contributed by atoms with Gasteiger partial charge in [-0.3, -0.25) is 4.79 Å². The maximum atomic E-state index is 12.8. The van der Waals surface area contributed by atoms with Crippen LogP contribution in [0.25, 0.3) is 5.69 Å². The number of benzene rings is 1. The zero-order valence-corrected chi connectivity index (χ0v) is 16.1. The number of carbonyl (C=O) groups is 1. The molecule has 2 aliphatic rings. The molecule has 1 aliphatic carbocycles. The average molecular weight is 367 g/mol. The maximum Gasteiger partial charge on any atom is 0.254 e. The first kappa shape index (κ1) is 18.0. The Labute approximate surface area is 161 Å². The van der Waals surface area contributed by atoms with Gasteiger partial charge in [0.1, 0.15) is 5.82 Å². The number of amides is 1. The molecule has 2 fully saturated rings. The lowest BCUT2D eigenvalue weighted by Gasteiger charge is -2.32. The van der Waals surface area contributed by atoms with Crippen LogP contribution in [0.1, 0.15) is 54.2 Å². The van der Waals surface area contributed by atoms with E-state index in [-0.39, 0.29) is 5.91 Å². The Morgan fingerprint density at radius 2 is 1.85 bits per heavy atom. The van der Waals surface area contributed by atoms with Gasteiger partial charge in [-0.1, -0.05) is 19.3 Å². The molecule has 1 saturated carbocycles. The number of carbonyl (C=O) groups excluding carboxylic acids is 1. The van der Waals surface area contributed by atoms with E-state index in [1.54, 1.807) is 0 Å². The number of nitrogens with zero attached hydrogens (tertiary/aromatic N) is 4. The summed E-state index contributed by atoms with van der Waals surface area (Å²) in [7, 11) is 2.09. The number of nitrogens with two attached hydrogens (primary N) is 1. The van der Waals surface area contributed by atoms with Gasteiger partial charge in [-0.15, -0.1) is 0 Å². The summed E-state index contributed by atoms with van der Waals surface area (Å²) in [4.78, 5) is 21.6. The number of hydrogen-bond acceptors (Lipinski definition) is 4. The largest absolute Gasteiger partial charge is 0.397 e. The number of aromatic nitrogens is 2. The number of rotatable bonds is 3. The second-order valence-electron chi connectivity index (χ2n) is 7.86. The van der Waals surface area contributed by atoms with Crippen LogP contribution in [0, 0.1) is 0 Å². The van der Waals surface area contributed by atoms with Gasteiger partial charge >= 0.3 is 0 Å². The highest BCUT2D eigenvalue weighted by atomic mass is 16.2. The van der Waals surface area contributed by atoms with Crippen LogP contribution in [0.2, 0.25) is 0 Å². The molecule has 2 heterocycles. The van der Waals surface area contributed by atoms with Crippen LogP contribution in [-0.4, -0.2) is 58.5 Å². The van der Waals surface area contributed by atoms with Crippen LogP contribution >= 0.6 is 0 Å². The van der Waals surface area contributed by atoms with Crippen LogP contribution < -0.4 is 5.73 Å². The number of nitrogen functional groups attached to an aromatic ring is 1. The number of likely N-dealkylation sites (N-methyl/N-ethyl adjacent to an activating group) is 1. The summed E-state index contributed by atoms with van der Waals surface area (Å²) in [5.74, 6) is 1.67. The zero-order chi connectivity index (χ0) is 18.8. The minimum atomic E-state index is 0.0690. The molecular formula is C21H29N5O. The Hall–Kier alpha value is -2.34. The molecule has 0 spiro atoms.